The molecule has 1 aliphatic heterocycles. The maximum atomic E-state index is 12.6. The Bertz CT molecular complexity index is 742. The maximum Gasteiger partial charge on any atom is 0.255 e. The van der Waals surface area contributed by atoms with Gasteiger partial charge in [0.2, 0.25) is 5.91 Å². The van der Waals surface area contributed by atoms with E-state index in [2.05, 4.69) is 0 Å². The van der Waals surface area contributed by atoms with E-state index < -0.39 is 11.9 Å². The second kappa shape index (κ2) is 5.52. The molecule has 2 aromatic rings. The molecule has 0 radical (unpaired) electrons. The molecule has 2 amide bonds. The molecule has 5 heteroatoms. The van der Waals surface area contributed by atoms with Crippen LogP contribution in [-0.4, -0.2) is 23.8 Å². The number of methoxy groups -OCH3 is 1. The Labute approximate surface area is 128 Å². The molecule has 2 N–H and O–H groups in total. The maximum absolute atomic E-state index is 12.6. The molecule has 3 rings (SSSR count). The molecule has 1 atom stereocenters. The summed E-state index contributed by atoms with van der Waals surface area (Å²) in [5.41, 5.74) is 7.69. The van der Waals surface area contributed by atoms with Crippen molar-refractivity contribution >= 4 is 11.8 Å². The lowest BCUT2D eigenvalue weighted by Crippen LogP contribution is -2.38. The van der Waals surface area contributed by atoms with Crippen LogP contribution >= 0.6 is 0 Å². The topological polar surface area (TPSA) is 72.6 Å². The highest BCUT2D eigenvalue weighted by atomic mass is 16.5. The number of para-hydroxylation sites is 1. The first-order valence-corrected chi connectivity index (χ1v) is 6.94. The van der Waals surface area contributed by atoms with E-state index >= 15 is 0 Å². The summed E-state index contributed by atoms with van der Waals surface area (Å²) in [4.78, 5) is 26.1. The summed E-state index contributed by atoms with van der Waals surface area (Å²) >= 11 is 0. The lowest BCUT2D eigenvalue weighted by molar-refractivity contribution is -0.122. The Morgan fingerprint density at radius 3 is 2.55 bits per heavy atom. The van der Waals surface area contributed by atoms with Crippen LogP contribution in [0.15, 0.2) is 48.5 Å². The molecule has 0 bridgehead atoms. The summed E-state index contributed by atoms with van der Waals surface area (Å²) in [6.07, 6.45) is 0. The number of benzene rings is 2. The quantitative estimate of drug-likeness (QED) is 0.936. The van der Waals surface area contributed by atoms with Gasteiger partial charge in [0.1, 0.15) is 11.8 Å². The summed E-state index contributed by atoms with van der Waals surface area (Å²) in [5, 5.41) is 0. The zero-order chi connectivity index (χ0) is 15.7. The zero-order valence-corrected chi connectivity index (χ0v) is 12.2. The number of primary amides is 1. The van der Waals surface area contributed by atoms with Crippen molar-refractivity contribution in [2.24, 2.45) is 5.73 Å². The fourth-order valence-corrected chi connectivity index (χ4v) is 2.85. The van der Waals surface area contributed by atoms with Gasteiger partial charge in [-0.25, -0.2) is 0 Å². The summed E-state index contributed by atoms with van der Waals surface area (Å²) in [6.45, 7) is 0.362. The van der Waals surface area contributed by atoms with Gasteiger partial charge in [0.15, 0.2) is 0 Å². The molecule has 1 heterocycles. The van der Waals surface area contributed by atoms with Crippen molar-refractivity contribution in [3.05, 3.63) is 65.2 Å². The van der Waals surface area contributed by atoms with E-state index in [-0.39, 0.29) is 5.91 Å². The average Bonchev–Trinajstić information content (AvgIpc) is 2.85. The molecule has 0 aromatic heterocycles. The lowest BCUT2D eigenvalue weighted by atomic mass is 10.0. The lowest BCUT2D eigenvalue weighted by Gasteiger charge is -2.26. The molecule has 0 aliphatic carbocycles. The molecule has 0 saturated carbocycles. The van der Waals surface area contributed by atoms with E-state index in [0.29, 0.717) is 23.4 Å². The number of hydrogen-bond donors (Lipinski definition) is 1. The predicted molar refractivity (Wildman–Crippen MR) is 81.2 cm³/mol. The van der Waals surface area contributed by atoms with Crippen LogP contribution in [0.25, 0.3) is 0 Å². The fraction of sp³-hybridized carbons (Fsp3) is 0.176. The highest BCUT2D eigenvalue weighted by Crippen LogP contribution is 2.35. The first kappa shape index (κ1) is 14.1. The minimum absolute atomic E-state index is 0.190. The van der Waals surface area contributed by atoms with Gasteiger partial charge >= 0.3 is 0 Å². The SMILES string of the molecule is COc1ccccc1C(C(N)=O)N1Cc2ccccc2C1=O. The number of nitrogens with zero attached hydrogens (tertiary/aromatic N) is 1. The van der Waals surface area contributed by atoms with Crippen molar-refractivity contribution in [3.63, 3.8) is 0 Å². The largest absolute Gasteiger partial charge is 0.496 e. The molecule has 0 saturated heterocycles. The number of hydrogen-bond acceptors (Lipinski definition) is 3. The van der Waals surface area contributed by atoms with Crippen LogP contribution in [0.3, 0.4) is 0 Å². The molecular weight excluding hydrogens is 280 g/mol. The van der Waals surface area contributed by atoms with E-state index in [1.807, 2.05) is 18.2 Å². The van der Waals surface area contributed by atoms with Crippen LogP contribution in [0.1, 0.15) is 27.5 Å². The number of rotatable bonds is 4. The highest BCUT2D eigenvalue weighted by molar-refractivity contribution is 6.01. The second-order valence-corrected chi connectivity index (χ2v) is 5.14. The second-order valence-electron chi connectivity index (χ2n) is 5.14. The minimum atomic E-state index is -0.851. The third-order valence-electron chi connectivity index (χ3n) is 3.86. The van der Waals surface area contributed by atoms with Crippen molar-refractivity contribution in [2.75, 3.05) is 7.11 Å². The van der Waals surface area contributed by atoms with Gasteiger partial charge in [-0.05, 0) is 17.7 Å². The number of carbonyl (C=O) groups is 2. The van der Waals surface area contributed by atoms with Crippen LogP contribution in [-0.2, 0) is 11.3 Å². The van der Waals surface area contributed by atoms with Crippen LogP contribution < -0.4 is 10.5 Å². The first-order valence-electron chi connectivity index (χ1n) is 6.94. The third kappa shape index (κ3) is 2.20. The molecule has 1 unspecified atom stereocenters. The van der Waals surface area contributed by atoms with Gasteiger partial charge in [0, 0.05) is 17.7 Å². The summed E-state index contributed by atoms with van der Waals surface area (Å²) in [5.74, 6) is -0.231. The van der Waals surface area contributed by atoms with Gasteiger partial charge in [0.25, 0.3) is 5.91 Å². The first-order chi connectivity index (χ1) is 10.6. The van der Waals surface area contributed by atoms with Crippen LogP contribution in [0.5, 0.6) is 5.75 Å². The van der Waals surface area contributed by atoms with E-state index in [1.165, 1.54) is 12.0 Å². The summed E-state index contributed by atoms with van der Waals surface area (Å²) in [6, 6.07) is 13.6. The predicted octanol–water partition coefficient (Wildman–Crippen LogP) is 1.88. The van der Waals surface area contributed by atoms with Gasteiger partial charge in [-0.2, -0.15) is 0 Å². The van der Waals surface area contributed by atoms with Crippen LogP contribution in [0, 0.1) is 0 Å². The van der Waals surface area contributed by atoms with Gasteiger partial charge in [-0.15, -0.1) is 0 Å². The Morgan fingerprint density at radius 2 is 1.86 bits per heavy atom. The Morgan fingerprint density at radius 1 is 1.18 bits per heavy atom. The Kier molecular flexibility index (Phi) is 3.55. The monoisotopic (exact) mass is 296 g/mol. The average molecular weight is 296 g/mol. The molecule has 2 aromatic carbocycles. The number of fused-ring (bicyclic) bond motifs is 1. The zero-order valence-electron chi connectivity index (χ0n) is 12.2. The van der Waals surface area contributed by atoms with Crippen LogP contribution in [0.4, 0.5) is 0 Å². The molecule has 5 nitrogen and oxygen atoms in total. The molecule has 1 aliphatic rings. The van der Waals surface area contributed by atoms with Crippen molar-refractivity contribution in [2.45, 2.75) is 12.6 Å². The normalized spacial score (nSPS) is 14.6. The number of nitrogens with two attached hydrogens (primary N) is 1. The summed E-state index contributed by atoms with van der Waals surface area (Å²) < 4.78 is 5.30. The molecule has 22 heavy (non-hydrogen) atoms. The number of ether oxygens (including phenoxy) is 1. The van der Waals surface area contributed by atoms with Crippen LogP contribution in [0.2, 0.25) is 0 Å². The third-order valence-corrected chi connectivity index (χ3v) is 3.86. The highest BCUT2D eigenvalue weighted by Gasteiger charge is 2.37. The molecule has 0 spiro atoms. The fourth-order valence-electron chi connectivity index (χ4n) is 2.85. The number of carbonyl (C=O) groups excluding carboxylic acids is 2. The Balaban J connectivity index is 2.04. The smallest absolute Gasteiger partial charge is 0.255 e. The van der Waals surface area contributed by atoms with Crippen molar-refractivity contribution in [3.8, 4) is 5.75 Å². The van der Waals surface area contributed by atoms with Crippen molar-refractivity contribution in [1.29, 1.82) is 0 Å². The van der Waals surface area contributed by atoms with Gasteiger partial charge < -0.3 is 15.4 Å². The standard InChI is InChI=1S/C17H16N2O3/c1-22-14-9-5-4-8-13(14)15(16(18)20)19-10-11-6-2-3-7-12(11)17(19)21/h2-9,15H,10H2,1H3,(H2,18,20). The van der Waals surface area contributed by atoms with E-state index in [9.17, 15) is 9.59 Å². The van der Waals surface area contributed by atoms with E-state index in [4.69, 9.17) is 10.5 Å². The Hall–Kier alpha value is -2.82. The van der Waals surface area contributed by atoms with Gasteiger partial charge in [-0.1, -0.05) is 36.4 Å². The van der Waals surface area contributed by atoms with Crippen molar-refractivity contribution in [1.82, 2.24) is 4.90 Å². The minimum Gasteiger partial charge on any atom is -0.496 e. The summed E-state index contributed by atoms with van der Waals surface area (Å²) in [7, 11) is 1.53. The van der Waals surface area contributed by atoms with Crippen molar-refractivity contribution < 1.29 is 14.3 Å². The molecular formula is C17H16N2O3. The van der Waals surface area contributed by atoms with Gasteiger partial charge in [0.05, 0.1) is 7.11 Å². The van der Waals surface area contributed by atoms with E-state index in [0.717, 1.165) is 5.56 Å². The van der Waals surface area contributed by atoms with Gasteiger partial charge in [-0.3, -0.25) is 9.59 Å². The number of amides is 2. The molecule has 0 fully saturated rings. The van der Waals surface area contributed by atoms with E-state index in [1.54, 1.807) is 30.3 Å². The molecule has 112 valence electrons.